The number of H-pyrrole nitrogens is 1. The van der Waals surface area contributed by atoms with Crippen LogP contribution in [0.2, 0.25) is 0 Å². The molecule has 2 heteroatoms. The van der Waals surface area contributed by atoms with Gasteiger partial charge < -0.3 is 10.1 Å². The van der Waals surface area contributed by atoms with Crippen molar-refractivity contribution in [2.75, 3.05) is 0 Å². The van der Waals surface area contributed by atoms with Gasteiger partial charge in [0.05, 0.1) is 0 Å². The van der Waals surface area contributed by atoms with Crippen LogP contribution >= 0.6 is 0 Å². The zero-order chi connectivity index (χ0) is 14.4. The first-order valence-electron chi connectivity index (χ1n) is 7.07. The van der Waals surface area contributed by atoms with E-state index in [-0.39, 0.29) is 0 Å². The summed E-state index contributed by atoms with van der Waals surface area (Å²) in [6.07, 6.45) is 4.22. The van der Waals surface area contributed by atoms with E-state index in [4.69, 9.17) is 5.11 Å². The third-order valence-corrected chi connectivity index (χ3v) is 3.40. The number of fused-ring (bicyclic) bond motifs is 1. The number of hydrogen-bond donors (Lipinski definition) is 2. The number of phenols is 1. The van der Waals surface area contributed by atoms with Crippen LogP contribution in [0.1, 0.15) is 25.0 Å². The predicted molar refractivity (Wildman–Crippen MR) is 85.2 cm³/mol. The van der Waals surface area contributed by atoms with Gasteiger partial charge in [-0.3, -0.25) is 0 Å². The minimum Gasteiger partial charge on any atom is -0.508 e. The summed E-state index contributed by atoms with van der Waals surface area (Å²) in [5.74, 6) is 0.340. The highest BCUT2D eigenvalue weighted by atomic mass is 16.3. The van der Waals surface area contributed by atoms with Crippen LogP contribution < -0.4 is 0 Å². The number of aromatic amines is 1. The van der Waals surface area contributed by atoms with E-state index < -0.39 is 0 Å². The number of phenolic OH excluding ortho intramolecular Hbond substituents is 1. The van der Waals surface area contributed by atoms with Gasteiger partial charge in [-0.15, -0.1) is 0 Å². The molecule has 2 aromatic carbocycles. The summed E-state index contributed by atoms with van der Waals surface area (Å²) in [6, 6.07) is 15.7. The quantitative estimate of drug-likeness (QED) is 0.694. The van der Waals surface area contributed by atoms with Gasteiger partial charge in [0.25, 0.3) is 0 Å². The van der Waals surface area contributed by atoms with Gasteiger partial charge in [-0.05, 0) is 42.2 Å². The maximum Gasteiger partial charge on any atom is 0.115 e. The lowest BCUT2D eigenvalue weighted by Crippen LogP contribution is -1.75. The first kappa shape index (κ1) is 14.2. The Labute approximate surface area is 120 Å². The highest BCUT2D eigenvalue weighted by Crippen LogP contribution is 2.17. The highest BCUT2D eigenvalue weighted by molar-refractivity contribution is 5.82. The molecule has 0 bridgehead atoms. The molecule has 0 fully saturated rings. The van der Waals surface area contributed by atoms with Crippen LogP contribution in [0.4, 0.5) is 0 Å². The average molecular weight is 267 g/mol. The zero-order valence-electron chi connectivity index (χ0n) is 12.1. The Hall–Kier alpha value is -2.22. The Morgan fingerprint density at radius 1 is 0.900 bits per heavy atom. The van der Waals surface area contributed by atoms with Gasteiger partial charge in [0.1, 0.15) is 5.75 Å². The monoisotopic (exact) mass is 267 g/mol. The number of para-hydroxylation sites is 1. The molecular weight excluding hydrogens is 246 g/mol. The topological polar surface area (TPSA) is 36.0 Å². The molecule has 20 heavy (non-hydrogen) atoms. The number of rotatable bonds is 2. The molecule has 0 spiro atoms. The molecule has 0 saturated carbocycles. The van der Waals surface area contributed by atoms with Crippen LogP contribution in [0.5, 0.6) is 5.75 Å². The van der Waals surface area contributed by atoms with Crippen LogP contribution in [0.25, 0.3) is 10.9 Å². The van der Waals surface area contributed by atoms with Gasteiger partial charge >= 0.3 is 0 Å². The number of nitrogens with one attached hydrogen (secondary N) is 1. The Bertz CT molecular complexity index is 652. The van der Waals surface area contributed by atoms with Crippen molar-refractivity contribution in [2.24, 2.45) is 0 Å². The van der Waals surface area contributed by atoms with E-state index in [1.165, 1.54) is 22.0 Å². The van der Waals surface area contributed by atoms with Crippen molar-refractivity contribution < 1.29 is 5.11 Å². The lowest BCUT2D eigenvalue weighted by molar-refractivity contribution is 0.475. The van der Waals surface area contributed by atoms with Crippen molar-refractivity contribution in [3.63, 3.8) is 0 Å². The molecule has 104 valence electrons. The fourth-order valence-corrected chi connectivity index (χ4v) is 2.16. The lowest BCUT2D eigenvalue weighted by atomic mass is 10.1. The Morgan fingerprint density at radius 2 is 1.60 bits per heavy atom. The number of aromatic nitrogens is 1. The van der Waals surface area contributed by atoms with E-state index in [2.05, 4.69) is 49.3 Å². The van der Waals surface area contributed by atoms with Crippen molar-refractivity contribution in [2.45, 2.75) is 26.7 Å². The molecule has 0 atom stereocenters. The standard InChI is InChI=1S/C10H11N.C8H10O/c1-2-8-7-11-10-6-4-3-5-9(8)10;1-2-7-3-5-8(9)6-4-7/h3-7,11H,2H2,1H3;3-6,9H,2H2,1H3. The van der Waals surface area contributed by atoms with Gasteiger partial charge in [-0.1, -0.05) is 44.2 Å². The van der Waals surface area contributed by atoms with Crippen LogP contribution in [0, 0.1) is 0 Å². The molecule has 0 aliphatic heterocycles. The fraction of sp³-hybridized carbons (Fsp3) is 0.222. The maximum absolute atomic E-state index is 8.85. The average Bonchev–Trinajstić information content (AvgIpc) is 2.92. The van der Waals surface area contributed by atoms with Crippen molar-refractivity contribution in [1.29, 1.82) is 0 Å². The van der Waals surface area contributed by atoms with E-state index in [0.717, 1.165) is 12.8 Å². The minimum absolute atomic E-state index is 0.340. The van der Waals surface area contributed by atoms with Crippen molar-refractivity contribution in [1.82, 2.24) is 4.98 Å². The number of aromatic hydroxyl groups is 1. The van der Waals surface area contributed by atoms with Crippen LogP contribution in [-0.4, -0.2) is 10.1 Å². The Balaban J connectivity index is 0.000000151. The Kier molecular flexibility index (Phi) is 4.83. The van der Waals surface area contributed by atoms with Gasteiger partial charge in [0.15, 0.2) is 0 Å². The van der Waals surface area contributed by atoms with E-state index in [9.17, 15) is 0 Å². The largest absolute Gasteiger partial charge is 0.508 e. The first-order chi connectivity index (χ1) is 9.74. The molecule has 1 aromatic heterocycles. The van der Waals surface area contributed by atoms with Crippen molar-refractivity contribution >= 4 is 10.9 Å². The van der Waals surface area contributed by atoms with Crippen molar-refractivity contribution in [3.8, 4) is 5.75 Å². The SMILES string of the molecule is CCc1c[nH]c2ccccc12.CCc1ccc(O)cc1. The van der Waals surface area contributed by atoms with Gasteiger partial charge in [0, 0.05) is 17.1 Å². The summed E-state index contributed by atoms with van der Waals surface area (Å²) in [7, 11) is 0. The van der Waals surface area contributed by atoms with Crippen LogP contribution in [-0.2, 0) is 12.8 Å². The van der Waals surface area contributed by atoms with Crippen molar-refractivity contribution in [3.05, 3.63) is 65.9 Å². The van der Waals surface area contributed by atoms with Gasteiger partial charge in [0.2, 0.25) is 0 Å². The fourth-order valence-electron chi connectivity index (χ4n) is 2.16. The summed E-state index contributed by atoms with van der Waals surface area (Å²) in [6.45, 7) is 4.27. The summed E-state index contributed by atoms with van der Waals surface area (Å²) in [5, 5.41) is 10.2. The van der Waals surface area contributed by atoms with Crippen LogP contribution in [0.3, 0.4) is 0 Å². The normalized spacial score (nSPS) is 10.1. The van der Waals surface area contributed by atoms with E-state index in [0.29, 0.717) is 5.75 Å². The molecule has 2 nitrogen and oxygen atoms in total. The third-order valence-electron chi connectivity index (χ3n) is 3.40. The minimum atomic E-state index is 0.340. The summed E-state index contributed by atoms with van der Waals surface area (Å²) in [4.78, 5) is 3.24. The third kappa shape index (κ3) is 3.41. The molecule has 2 N–H and O–H groups in total. The molecule has 3 rings (SSSR count). The van der Waals surface area contributed by atoms with Gasteiger partial charge in [-0.2, -0.15) is 0 Å². The molecular formula is C18H21NO. The van der Waals surface area contributed by atoms with E-state index in [1.807, 2.05) is 12.1 Å². The predicted octanol–water partition coefficient (Wildman–Crippen LogP) is 4.68. The second kappa shape index (κ2) is 6.80. The highest BCUT2D eigenvalue weighted by Gasteiger charge is 1.98. The number of hydrogen-bond acceptors (Lipinski definition) is 1. The Morgan fingerprint density at radius 3 is 2.25 bits per heavy atom. The second-order valence-corrected chi connectivity index (χ2v) is 4.73. The van der Waals surface area contributed by atoms with Crippen LogP contribution in [0.15, 0.2) is 54.7 Å². The first-order valence-corrected chi connectivity index (χ1v) is 7.07. The molecule has 1 heterocycles. The molecule has 0 unspecified atom stereocenters. The zero-order valence-corrected chi connectivity index (χ0v) is 12.1. The van der Waals surface area contributed by atoms with E-state index >= 15 is 0 Å². The summed E-state index contributed by atoms with van der Waals surface area (Å²) in [5.41, 5.74) is 3.90. The maximum atomic E-state index is 8.85. The molecule has 0 radical (unpaired) electrons. The molecule has 3 aromatic rings. The summed E-state index contributed by atoms with van der Waals surface area (Å²) < 4.78 is 0. The number of aryl methyl sites for hydroxylation is 2. The molecule has 0 amide bonds. The number of benzene rings is 2. The molecule has 0 aliphatic rings. The summed E-state index contributed by atoms with van der Waals surface area (Å²) >= 11 is 0. The molecule has 0 saturated heterocycles. The van der Waals surface area contributed by atoms with E-state index in [1.54, 1.807) is 12.1 Å². The lowest BCUT2D eigenvalue weighted by Gasteiger charge is -1.93. The smallest absolute Gasteiger partial charge is 0.115 e. The second-order valence-electron chi connectivity index (χ2n) is 4.73. The van der Waals surface area contributed by atoms with Gasteiger partial charge in [-0.25, -0.2) is 0 Å². The molecule has 0 aliphatic carbocycles.